The normalized spacial score (nSPS) is 21.1. The number of alkyl halides is 1. The fraction of sp³-hybridized carbons (Fsp3) is 0.909. The maximum absolute atomic E-state index is 12.0. The molecule has 19 heavy (non-hydrogen) atoms. The van der Waals surface area contributed by atoms with Crippen LogP contribution in [-0.4, -0.2) is 56.2 Å². The van der Waals surface area contributed by atoms with Gasteiger partial charge in [0, 0.05) is 25.0 Å². The summed E-state index contributed by atoms with van der Waals surface area (Å²) in [5.41, 5.74) is 0. The standard InChI is InChI=1S/C11H21ClN2O4S/c1-2-18-11(15)13-10-5-3-7-14(9-10)19(16,17)8-4-6-12/h10H,2-9H2,1H3,(H,13,15). The first-order chi connectivity index (χ1) is 8.99. The molecule has 1 amide bonds. The highest BCUT2D eigenvalue weighted by molar-refractivity contribution is 7.89. The second kappa shape index (κ2) is 7.91. The van der Waals surface area contributed by atoms with E-state index < -0.39 is 16.1 Å². The topological polar surface area (TPSA) is 75.7 Å². The maximum atomic E-state index is 12.0. The summed E-state index contributed by atoms with van der Waals surface area (Å²) >= 11 is 5.52. The van der Waals surface area contributed by atoms with Crippen LogP contribution in [0.1, 0.15) is 26.2 Å². The fourth-order valence-electron chi connectivity index (χ4n) is 2.02. The van der Waals surface area contributed by atoms with E-state index in [1.165, 1.54) is 4.31 Å². The highest BCUT2D eigenvalue weighted by atomic mass is 35.5. The van der Waals surface area contributed by atoms with Crippen molar-refractivity contribution in [3.63, 3.8) is 0 Å². The molecule has 1 aliphatic rings. The van der Waals surface area contributed by atoms with Gasteiger partial charge >= 0.3 is 6.09 Å². The molecule has 1 atom stereocenters. The molecule has 112 valence electrons. The minimum absolute atomic E-state index is 0.0582. The number of nitrogens with one attached hydrogen (secondary N) is 1. The molecule has 1 fully saturated rings. The van der Waals surface area contributed by atoms with Gasteiger partial charge < -0.3 is 10.1 Å². The minimum atomic E-state index is -3.27. The Morgan fingerprint density at radius 3 is 2.89 bits per heavy atom. The van der Waals surface area contributed by atoms with Crippen LogP contribution in [0.15, 0.2) is 0 Å². The Bertz CT molecular complexity index is 388. The van der Waals surface area contributed by atoms with E-state index >= 15 is 0 Å². The molecule has 0 bridgehead atoms. The van der Waals surface area contributed by atoms with Crippen LogP contribution in [-0.2, 0) is 14.8 Å². The van der Waals surface area contributed by atoms with Crippen molar-refractivity contribution in [1.29, 1.82) is 0 Å². The lowest BCUT2D eigenvalue weighted by molar-refractivity contribution is 0.142. The van der Waals surface area contributed by atoms with Crippen LogP contribution >= 0.6 is 11.6 Å². The molecule has 1 unspecified atom stereocenters. The molecule has 1 rings (SSSR count). The lowest BCUT2D eigenvalue weighted by atomic mass is 10.1. The molecular formula is C11H21ClN2O4S. The highest BCUT2D eigenvalue weighted by Gasteiger charge is 2.29. The number of hydrogen-bond acceptors (Lipinski definition) is 4. The molecule has 1 aliphatic heterocycles. The summed E-state index contributed by atoms with van der Waals surface area (Å²) in [5.74, 6) is 0.389. The summed E-state index contributed by atoms with van der Waals surface area (Å²) in [4.78, 5) is 11.3. The zero-order valence-corrected chi connectivity index (χ0v) is 12.7. The van der Waals surface area contributed by atoms with Crippen molar-refractivity contribution in [1.82, 2.24) is 9.62 Å². The van der Waals surface area contributed by atoms with Gasteiger partial charge in [-0.3, -0.25) is 0 Å². The summed E-state index contributed by atoms with van der Waals surface area (Å²) < 4.78 is 30.3. The number of carbonyl (C=O) groups excluding carboxylic acids is 1. The van der Waals surface area contributed by atoms with Gasteiger partial charge in [0.15, 0.2) is 0 Å². The first-order valence-electron chi connectivity index (χ1n) is 6.46. The molecular weight excluding hydrogens is 292 g/mol. The second-order valence-electron chi connectivity index (χ2n) is 4.42. The molecule has 1 N–H and O–H groups in total. The molecule has 0 aromatic heterocycles. The zero-order valence-electron chi connectivity index (χ0n) is 11.1. The molecule has 0 aromatic rings. The number of nitrogens with zero attached hydrogens (tertiary/aromatic N) is 1. The molecule has 1 heterocycles. The largest absolute Gasteiger partial charge is 0.450 e. The van der Waals surface area contributed by atoms with Crippen LogP contribution < -0.4 is 5.32 Å². The molecule has 6 nitrogen and oxygen atoms in total. The van der Waals surface area contributed by atoms with Crippen molar-refractivity contribution in [3.05, 3.63) is 0 Å². The highest BCUT2D eigenvalue weighted by Crippen LogP contribution is 2.15. The van der Waals surface area contributed by atoms with Crippen LogP contribution in [0, 0.1) is 0 Å². The number of hydrogen-bond donors (Lipinski definition) is 1. The van der Waals surface area contributed by atoms with Gasteiger partial charge in [-0.15, -0.1) is 11.6 Å². The Morgan fingerprint density at radius 1 is 1.53 bits per heavy atom. The smallest absolute Gasteiger partial charge is 0.407 e. The fourth-order valence-corrected chi connectivity index (χ4v) is 3.89. The molecule has 0 aliphatic carbocycles. The lowest BCUT2D eigenvalue weighted by Gasteiger charge is -2.32. The number of ether oxygens (including phenoxy) is 1. The van der Waals surface area contributed by atoms with Crippen LogP contribution in [0.4, 0.5) is 4.79 Å². The minimum Gasteiger partial charge on any atom is -0.450 e. The second-order valence-corrected chi connectivity index (χ2v) is 6.89. The first-order valence-corrected chi connectivity index (χ1v) is 8.61. The number of rotatable bonds is 6. The van der Waals surface area contributed by atoms with Crippen molar-refractivity contribution in [3.8, 4) is 0 Å². The molecule has 0 aromatic carbocycles. The Hall–Kier alpha value is -0.530. The van der Waals surface area contributed by atoms with Crippen molar-refractivity contribution in [2.45, 2.75) is 32.2 Å². The van der Waals surface area contributed by atoms with Crippen LogP contribution in [0.25, 0.3) is 0 Å². The van der Waals surface area contributed by atoms with Gasteiger partial charge in [0.25, 0.3) is 0 Å². The Morgan fingerprint density at radius 2 is 2.26 bits per heavy atom. The summed E-state index contributed by atoms with van der Waals surface area (Å²) in [5, 5.41) is 2.68. The van der Waals surface area contributed by atoms with Gasteiger partial charge in [-0.1, -0.05) is 0 Å². The Labute approximate surface area is 119 Å². The van der Waals surface area contributed by atoms with Gasteiger partial charge in [-0.05, 0) is 26.2 Å². The molecule has 0 radical (unpaired) electrons. The third-order valence-electron chi connectivity index (χ3n) is 2.91. The number of alkyl carbamates (subject to hydrolysis) is 1. The molecule has 0 spiro atoms. The average Bonchev–Trinajstić information content (AvgIpc) is 2.37. The lowest BCUT2D eigenvalue weighted by Crippen LogP contribution is -2.50. The molecule has 1 saturated heterocycles. The summed E-state index contributed by atoms with van der Waals surface area (Å²) in [7, 11) is -3.27. The number of carbonyl (C=O) groups is 1. The summed E-state index contributed by atoms with van der Waals surface area (Å²) in [6, 6.07) is -0.182. The predicted octanol–water partition coefficient (Wildman–Crippen LogP) is 1.16. The summed E-state index contributed by atoms with van der Waals surface area (Å²) in [6.45, 7) is 2.84. The van der Waals surface area contributed by atoms with Crippen LogP contribution in [0.2, 0.25) is 0 Å². The van der Waals surface area contributed by atoms with Gasteiger partial charge in [-0.2, -0.15) is 4.31 Å². The van der Waals surface area contributed by atoms with Crippen LogP contribution in [0.3, 0.4) is 0 Å². The Balaban J connectivity index is 2.52. The van der Waals surface area contributed by atoms with E-state index in [1.54, 1.807) is 6.92 Å². The number of halogens is 1. The summed E-state index contributed by atoms with van der Waals surface area (Å²) in [6.07, 6.45) is 1.45. The van der Waals surface area contributed by atoms with Crippen molar-refractivity contribution < 1.29 is 17.9 Å². The SMILES string of the molecule is CCOC(=O)NC1CCCN(S(=O)(=O)CCCCl)C1. The van der Waals surface area contributed by atoms with Gasteiger partial charge in [0.05, 0.1) is 12.4 Å². The quantitative estimate of drug-likeness (QED) is 0.747. The van der Waals surface area contributed by atoms with Crippen molar-refractivity contribution in [2.24, 2.45) is 0 Å². The molecule has 8 heteroatoms. The third kappa shape index (κ3) is 5.54. The predicted molar refractivity (Wildman–Crippen MR) is 73.9 cm³/mol. The van der Waals surface area contributed by atoms with E-state index in [-0.39, 0.29) is 11.8 Å². The monoisotopic (exact) mass is 312 g/mol. The van der Waals surface area contributed by atoms with Crippen molar-refractivity contribution >= 4 is 27.7 Å². The van der Waals surface area contributed by atoms with E-state index in [2.05, 4.69) is 5.32 Å². The first kappa shape index (κ1) is 16.5. The number of sulfonamides is 1. The van der Waals surface area contributed by atoms with E-state index in [4.69, 9.17) is 16.3 Å². The van der Waals surface area contributed by atoms with E-state index in [1.807, 2.05) is 0 Å². The Kier molecular flexibility index (Phi) is 6.88. The third-order valence-corrected chi connectivity index (χ3v) is 5.10. The van der Waals surface area contributed by atoms with Gasteiger partial charge in [0.1, 0.15) is 0 Å². The van der Waals surface area contributed by atoms with Gasteiger partial charge in [0.2, 0.25) is 10.0 Å². The molecule has 0 saturated carbocycles. The zero-order chi connectivity index (χ0) is 14.3. The maximum Gasteiger partial charge on any atom is 0.407 e. The van der Waals surface area contributed by atoms with E-state index in [9.17, 15) is 13.2 Å². The van der Waals surface area contributed by atoms with Gasteiger partial charge in [-0.25, -0.2) is 13.2 Å². The van der Waals surface area contributed by atoms with E-state index in [0.717, 1.165) is 12.8 Å². The van der Waals surface area contributed by atoms with E-state index in [0.29, 0.717) is 32.0 Å². The number of piperidine rings is 1. The average molecular weight is 313 g/mol. The number of amides is 1. The van der Waals surface area contributed by atoms with Crippen LogP contribution in [0.5, 0.6) is 0 Å². The van der Waals surface area contributed by atoms with Crippen molar-refractivity contribution in [2.75, 3.05) is 31.3 Å².